The highest BCUT2D eigenvalue weighted by molar-refractivity contribution is 5.10. The summed E-state index contributed by atoms with van der Waals surface area (Å²) in [5, 5.41) is 0. The third-order valence-corrected chi connectivity index (χ3v) is 0.987. The second kappa shape index (κ2) is 9.96. The van der Waals surface area contributed by atoms with E-state index in [1.54, 1.807) is 6.08 Å². The lowest BCUT2D eigenvalue weighted by molar-refractivity contribution is 1.22. The first-order chi connectivity index (χ1) is 5.54. The number of hydrogen-bond donors (Lipinski definition) is 0. The van der Waals surface area contributed by atoms with E-state index in [2.05, 4.69) is 32.7 Å². The molecule has 0 aromatic heterocycles. The molecule has 68 valence electrons. The molecule has 0 spiro atoms. The minimum atomic E-state index is 1.02. The van der Waals surface area contributed by atoms with Crippen molar-refractivity contribution in [1.82, 2.24) is 0 Å². The third-order valence-electron chi connectivity index (χ3n) is 0.987. The van der Waals surface area contributed by atoms with Gasteiger partial charge in [-0.3, -0.25) is 0 Å². The van der Waals surface area contributed by atoms with Gasteiger partial charge in [-0.1, -0.05) is 56.0 Å². The van der Waals surface area contributed by atoms with Crippen molar-refractivity contribution in [3.63, 3.8) is 0 Å². The largest absolute Gasteiger partial charge is 0.0988 e. The molecule has 0 bridgehead atoms. The molecule has 0 rings (SSSR count). The van der Waals surface area contributed by atoms with Gasteiger partial charge in [0.15, 0.2) is 0 Å². The fourth-order valence-corrected chi connectivity index (χ4v) is 0.319. The van der Waals surface area contributed by atoms with Gasteiger partial charge >= 0.3 is 0 Å². The highest BCUT2D eigenvalue weighted by atomic mass is 13.7. The van der Waals surface area contributed by atoms with Crippen LogP contribution >= 0.6 is 0 Å². The minimum absolute atomic E-state index is 1.02. The molecular weight excluding hydrogens is 144 g/mol. The molecule has 0 aliphatic carbocycles. The molecule has 0 N–H and O–H groups in total. The molecule has 0 saturated heterocycles. The Morgan fingerprint density at radius 1 is 1.17 bits per heavy atom. The van der Waals surface area contributed by atoms with Crippen LogP contribution < -0.4 is 0 Å². The summed E-state index contributed by atoms with van der Waals surface area (Å²) in [5.41, 5.74) is 2.15. The van der Waals surface area contributed by atoms with Crippen molar-refractivity contribution in [2.24, 2.45) is 0 Å². The van der Waals surface area contributed by atoms with Crippen LogP contribution in [-0.4, -0.2) is 0 Å². The molecule has 0 radical (unpaired) electrons. The first-order valence-corrected chi connectivity index (χ1v) is 4.14. The van der Waals surface area contributed by atoms with Crippen LogP contribution in [0.5, 0.6) is 0 Å². The lowest BCUT2D eigenvalue weighted by atomic mass is 10.3. The van der Waals surface area contributed by atoms with Crippen LogP contribution in [0.1, 0.15) is 27.2 Å². The number of hydrogen-bond acceptors (Lipinski definition) is 0. The van der Waals surface area contributed by atoms with Gasteiger partial charge in [0.05, 0.1) is 0 Å². The molecule has 0 saturated carbocycles. The van der Waals surface area contributed by atoms with E-state index in [1.165, 1.54) is 0 Å². The Bertz CT molecular complexity index is 170. The van der Waals surface area contributed by atoms with Crippen molar-refractivity contribution in [2.45, 2.75) is 27.2 Å². The van der Waals surface area contributed by atoms with Gasteiger partial charge in [0, 0.05) is 0 Å². The monoisotopic (exact) mass is 164 g/mol. The molecule has 12 heavy (non-hydrogen) atoms. The zero-order valence-electron chi connectivity index (χ0n) is 8.56. The summed E-state index contributed by atoms with van der Waals surface area (Å²) in [6.45, 7) is 16.7. The average molecular weight is 164 g/mol. The van der Waals surface area contributed by atoms with E-state index in [9.17, 15) is 0 Å². The lowest BCUT2D eigenvalue weighted by Crippen LogP contribution is -1.58. The van der Waals surface area contributed by atoms with Crippen molar-refractivity contribution >= 4 is 0 Å². The Hall–Kier alpha value is -1.04. The Morgan fingerprint density at radius 2 is 1.58 bits per heavy atom. The number of allylic oxidation sites excluding steroid dienone is 5. The first-order valence-electron chi connectivity index (χ1n) is 4.14. The summed E-state index contributed by atoms with van der Waals surface area (Å²) in [4.78, 5) is 0. The van der Waals surface area contributed by atoms with Crippen LogP contribution in [0.15, 0.2) is 49.1 Å². The van der Waals surface area contributed by atoms with E-state index in [4.69, 9.17) is 0 Å². The predicted molar refractivity (Wildman–Crippen MR) is 59.3 cm³/mol. The van der Waals surface area contributed by atoms with Gasteiger partial charge in [0.25, 0.3) is 0 Å². The van der Waals surface area contributed by atoms with E-state index in [1.807, 2.05) is 19.9 Å². The second-order valence-corrected chi connectivity index (χ2v) is 2.71. The molecule has 0 aromatic rings. The zero-order valence-corrected chi connectivity index (χ0v) is 8.56. The molecule has 0 amide bonds. The van der Waals surface area contributed by atoms with Gasteiger partial charge in [0.1, 0.15) is 0 Å². The molecule has 0 heterocycles. The summed E-state index contributed by atoms with van der Waals surface area (Å²) < 4.78 is 0. The van der Waals surface area contributed by atoms with Gasteiger partial charge in [0.2, 0.25) is 0 Å². The van der Waals surface area contributed by atoms with Crippen LogP contribution in [0, 0.1) is 0 Å². The summed E-state index contributed by atoms with van der Waals surface area (Å²) >= 11 is 0. The van der Waals surface area contributed by atoms with Crippen molar-refractivity contribution in [3.05, 3.63) is 49.1 Å². The zero-order chi connectivity index (χ0) is 9.98. The molecule has 0 aromatic carbocycles. The fraction of sp³-hybridized carbons (Fsp3) is 0.333. The van der Waals surface area contributed by atoms with Crippen LogP contribution in [-0.2, 0) is 0 Å². The summed E-state index contributed by atoms with van der Waals surface area (Å²) in [7, 11) is 0. The first kappa shape index (κ1) is 13.5. The lowest BCUT2D eigenvalue weighted by Gasteiger charge is -1.79. The summed E-state index contributed by atoms with van der Waals surface area (Å²) in [5.74, 6) is 0. The molecule has 0 nitrogen and oxygen atoms in total. The van der Waals surface area contributed by atoms with E-state index < -0.39 is 0 Å². The SMILES string of the molecule is C=C(C)C=CCC.C=CC(=C)C. The van der Waals surface area contributed by atoms with Crippen molar-refractivity contribution in [3.8, 4) is 0 Å². The molecular formula is C12H20. The van der Waals surface area contributed by atoms with Crippen molar-refractivity contribution < 1.29 is 0 Å². The van der Waals surface area contributed by atoms with Crippen LogP contribution in [0.3, 0.4) is 0 Å². The molecule has 0 heteroatoms. The number of rotatable bonds is 3. The standard InChI is InChI=1S/C7H12.C5H8/c1-4-5-6-7(2)3;1-4-5(2)3/h5-6H,2,4H2,1,3H3;4H,1-2H2,3H3. The maximum absolute atomic E-state index is 3.71. The van der Waals surface area contributed by atoms with Crippen LogP contribution in [0.25, 0.3) is 0 Å². The minimum Gasteiger partial charge on any atom is -0.0988 e. The fourth-order valence-electron chi connectivity index (χ4n) is 0.319. The summed E-state index contributed by atoms with van der Waals surface area (Å²) in [6.07, 6.45) is 6.95. The maximum Gasteiger partial charge on any atom is -0.0376 e. The van der Waals surface area contributed by atoms with Crippen LogP contribution in [0.4, 0.5) is 0 Å². The highest BCUT2D eigenvalue weighted by Crippen LogP contribution is 1.89. The Morgan fingerprint density at radius 3 is 1.67 bits per heavy atom. The van der Waals surface area contributed by atoms with Gasteiger partial charge in [-0.2, -0.15) is 0 Å². The van der Waals surface area contributed by atoms with Gasteiger partial charge in [-0.25, -0.2) is 0 Å². The van der Waals surface area contributed by atoms with E-state index in [0.29, 0.717) is 0 Å². The molecule has 0 fully saturated rings. The normalized spacial score (nSPS) is 8.58. The van der Waals surface area contributed by atoms with Gasteiger partial charge < -0.3 is 0 Å². The Labute approximate surface area is 77.0 Å². The van der Waals surface area contributed by atoms with Crippen LogP contribution in [0.2, 0.25) is 0 Å². The Balaban J connectivity index is 0. The topological polar surface area (TPSA) is 0 Å². The van der Waals surface area contributed by atoms with Crippen molar-refractivity contribution in [2.75, 3.05) is 0 Å². The van der Waals surface area contributed by atoms with Crippen molar-refractivity contribution in [1.29, 1.82) is 0 Å². The van der Waals surface area contributed by atoms with Gasteiger partial charge in [-0.05, 0) is 20.3 Å². The summed E-state index contributed by atoms with van der Waals surface area (Å²) in [6, 6.07) is 0. The highest BCUT2D eigenvalue weighted by Gasteiger charge is 1.67. The molecule has 0 unspecified atom stereocenters. The smallest absolute Gasteiger partial charge is 0.0376 e. The van der Waals surface area contributed by atoms with E-state index in [-0.39, 0.29) is 0 Å². The maximum atomic E-state index is 3.71. The predicted octanol–water partition coefficient (Wildman–Crippen LogP) is 4.28. The third kappa shape index (κ3) is 23.1. The Kier molecular flexibility index (Phi) is 11.2. The quantitative estimate of drug-likeness (QED) is 0.546. The average Bonchev–Trinajstić information content (AvgIpc) is 2.02. The molecule has 0 aliphatic heterocycles. The van der Waals surface area contributed by atoms with E-state index >= 15 is 0 Å². The van der Waals surface area contributed by atoms with E-state index in [0.717, 1.165) is 17.6 Å². The molecule has 0 atom stereocenters. The van der Waals surface area contributed by atoms with Gasteiger partial charge in [-0.15, -0.1) is 0 Å². The second-order valence-electron chi connectivity index (χ2n) is 2.71. The molecule has 0 aliphatic rings.